The van der Waals surface area contributed by atoms with Crippen molar-refractivity contribution < 1.29 is 23.8 Å². The average Bonchev–Trinajstić information content (AvgIpc) is 2.52. The summed E-state index contributed by atoms with van der Waals surface area (Å²) in [7, 11) is 1.50. The zero-order chi connectivity index (χ0) is 16.1. The number of carbonyl (C=O) groups excluding carboxylic acids is 1. The molecule has 0 aliphatic carbocycles. The highest BCUT2D eigenvalue weighted by Gasteiger charge is 2.21. The number of ketones is 1. The van der Waals surface area contributed by atoms with E-state index in [1.165, 1.54) is 25.4 Å². The van der Waals surface area contributed by atoms with E-state index in [0.717, 1.165) is 12.1 Å². The Labute approximate surface area is 125 Å². The maximum atomic E-state index is 12.9. The van der Waals surface area contributed by atoms with E-state index in [0.29, 0.717) is 13.0 Å². The summed E-state index contributed by atoms with van der Waals surface area (Å²) in [6, 6.07) is 4.81. The third kappa shape index (κ3) is 3.50. The number of carbonyl (C=O) groups is 2. The maximum Gasteiger partial charge on any atom is 0.355 e. The van der Waals surface area contributed by atoms with E-state index in [2.05, 4.69) is 9.97 Å². The minimum Gasteiger partial charge on any atom is -0.476 e. The van der Waals surface area contributed by atoms with E-state index in [4.69, 9.17) is 4.74 Å². The van der Waals surface area contributed by atoms with Gasteiger partial charge in [-0.05, 0) is 24.3 Å². The first-order chi connectivity index (χ1) is 10.5. The fourth-order valence-electron chi connectivity index (χ4n) is 1.82. The highest BCUT2D eigenvalue weighted by molar-refractivity contribution is 6.13. The smallest absolute Gasteiger partial charge is 0.355 e. The van der Waals surface area contributed by atoms with Crippen LogP contribution < -0.4 is 0 Å². The summed E-state index contributed by atoms with van der Waals surface area (Å²) in [4.78, 5) is 31.5. The van der Waals surface area contributed by atoms with Crippen molar-refractivity contribution in [3.05, 3.63) is 58.9 Å². The van der Waals surface area contributed by atoms with Crippen molar-refractivity contribution in [3.8, 4) is 0 Å². The summed E-state index contributed by atoms with van der Waals surface area (Å²) in [5, 5.41) is 9.22. The molecular weight excluding hydrogens is 291 g/mol. The Balaban J connectivity index is 2.39. The van der Waals surface area contributed by atoms with Gasteiger partial charge in [0.15, 0.2) is 11.5 Å². The van der Waals surface area contributed by atoms with Crippen LogP contribution in [0.15, 0.2) is 30.5 Å². The highest BCUT2D eigenvalue weighted by atomic mass is 19.1. The fraction of sp³-hybridized carbons (Fsp3) is 0.200. The molecule has 1 aromatic heterocycles. The molecule has 0 saturated carbocycles. The quantitative estimate of drug-likeness (QED) is 0.818. The van der Waals surface area contributed by atoms with Crippen LogP contribution in [0.3, 0.4) is 0 Å². The molecule has 0 aliphatic heterocycles. The molecular formula is C15H13FN2O4. The molecule has 0 bridgehead atoms. The van der Waals surface area contributed by atoms with Crippen molar-refractivity contribution in [1.29, 1.82) is 0 Å². The van der Waals surface area contributed by atoms with Crippen LogP contribution in [0, 0.1) is 5.82 Å². The standard InChI is InChI=1S/C15H13FN2O4/c1-22-7-6-12-17-8-11(13(18-12)15(20)21)14(19)9-2-4-10(16)5-3-9/h2-5,8H,6-7H2,1H3,(H,20,21). The number of nitrogens with zero attached hydrogens (tertiary/aromatic N) is 2. The van der Waals surface area contributed by atoms with Crippen molar-refractivity contribution in [1.82, 2.24) is 9.97 Å². The van der Waals surface area contributed by atoms with Crippen molar-refractivity contribution in [2.45, 2.75) is 6.42 Å². The van der Waals surface area contributed by atoms with Crippen molar-refractivity contribution in [2.75, 3.05) is 13.7 Å². The normalized spacial score (nSPS) is 10.5. The molecule has 114 valence electrons. The topological polar surface area (TPSA) is 89.4 Å². The number of ether oxygens (including phenoxy) is 1. The van der Waals surface area contributed by atoms with Gasteiger partial charge in [-0.1, -0.05) is 0 Å². The van der Waals surface area contributed by atoms with E-state index in [1.54, 1.807) is 0 Å². The van der Waals surface area contributed by atoms with Gasteiger partial charge in [0.2, 0.25) is 0 Å². The lowest BCUT2D eigenvalue weighted by Gasteiger charge is -2.06. The predicted octanol–water partition coefficient (Wildman–Crippen LogP) is 1.73. The van der Waals surface area contributed by atoms with Gasteiger partial charge >= 0.3 is 5.97 Å². The molecule has 0 fully saturated rings. The summed E-state index contributed by atoms with van der Waals surface area (Å²) in [5.41, 5.74) is -0.354. The van der Waals surface area contributed by atoms with Crippen LogP contribution in [-0.4, -0.2) is 40.5 Å². The minimum absolute atomic E-state index is 0.139. The summed E-state index contributed by atoms with van der Waals surface area (Å²) < 4.78 is 17.8. The van der Waals surface area contributed by atoms with Crippen LogP contribution in [0.1, 0.15) is 32.2 Å². The van der Waals surface area contributed by atoms with Gasteiger partial charge in [0, 0.05) is 25.3 Å². The predicted molar refractivity (Wildman–Crippen MR) is 74.4 cm³/mol. The zero-order valence-corrected chi connectivity index (χ0v) is 11.7. The number of methoxy groups -OCH3 is 1. The number of rotatable bonds is 6. The monoisotopic (exact) mass is 304 g/mol. The van der Waals surface area contributed by atoms with E-state index in [-0.39, 0.29) is 22.6 Å². The molecule has 0 aliphatic rings. The van der Waals surface area contributed by atoms with Crippen LogP contribution in [0.4, 0.5) is 4.39 Å². The van der Waals surface area contributed by atoms with Crippen LogP contribution in [-0.2, 0) is 11.2 Å². The Morgan fingerprint density at radius 3 is 2.55 bits per heavy atom. The number of hydrogen-bond acceptors (Lipinski definition) is 5. The molecule has 7 heteroatoms. The van der Waals surface area contributed by atoms with Gasteiger partial charge in [0.1, 0.15) is 11.6 Å². The largest absolute Gasteiger partial charge is 0.476 e. The minimum atomic E-state index is -1.33. The lowest BCUT2D eigenvalue weighted by Crippen LogP contribution is -2.15. The molecule has 1 N–H and O–H groups in total. The summed E-state index contributed by atoms with van der Waals surface area (Å²) in [6.07, 6.45) is 1.51. The molecule has 0 unspecified atom stereocenters. The van der Waals surface area contributed by atoms with Crippen molar-refractivity contribution >= 4 is 11.8 Å². The molecule has 0 radical (unpaired) electrons. The SMILES string of the molecule is COCCc1ncc(C(=O)c2ccc(F)cc2)c(C(=O)O)n1. The molecule has 0 saturated heterocycles. The molecule has 1 heterocycles. The van der Waals surface area contributed by atoms with Crippen molar-refractivity contribution in [2.24, 2.45) is 0 Å². The Bertz CT molecular complexity index is 701. The number of benzene rings is 1. The number of carboxylic acids is 1. The molecule has 0 amide bonds. The first-order valence-electron chi connectivity index (χ1n) is 6.41. The second kappa shape index (κ2) is 6.86. The molecule has 6 nitrogen and oxygen atoms in total. The number of carboxylic acid groups (broad SMARTS) is 1. The van der Waals surface area contributed by atoms with E-state index >= 15 is 0 Å². The zero-order valence-electron chi connectivity index (χ0n) is 11.7. The third-order valence-corrected chi connectivity index (χ3v) is 2.92. The van der Waals surface area contributed by atoms with E-state index in [1.807, 2.05) is 0 Å². The third-order valence-electron chi connectivity index (χ3n) is 2.92. The van der Waals surface area contributed by atoms with Gasteiger partial charge in [-0.25, -0.2) is 19.2 Å². The number of halogens is 1. The molecule has 1 aromatic carbocycles. The van der Waals surface area contributed by atoms with Gasteiger partial charge in [0.05, 0.1) is 12.2 Å². The van der Waals surface area contributed by atoms with Crippen LogP contribution in [0.2, 0.25) is 0 Å². The van der Waals surface area contributed by atoms with Crippen LogP contribution >= 0.6 is 0 Å². The average molecular weight is 304 g/mol. The number of aromatic carboxylic acids is 1. The molecule has 2 rings (SSSR count). The lowest BCUT2D eigenvalue weighted by atomic mass is 10.0. The Kier molecular flexibility index (Phi) is 4.90. The Morgan fingerprint density at radius 2 is 1.95 bits per heavy atom. The highest BCUT2D eigenvalue weighted by Crippen LogP contribution is 2.14. The number of aromatic nitrogens is 2. The lowest BCUT2D eigenvalue weighted by molar-refractivity contribution is 0.0685. The Hall–Kier alpha value is -2.67. The van der Waals surface area contributed by atoms with Crippen LogP contribution in [0.5, 0.6) is 0 Å². The molecule has 2 aromatic rings. The van der Waals surface area contributed by atoms with Gasteiger partial charge in [-0.2, -0.15) is 0 Å². The van der Waals surface area contributed by atoms with Gasteiger partial charge in [-0.15, -0.1) is 0 Å². The van der Waals surface area contributed by atoms with Crippen LogP contribution in [0.25, 0.3) is 0 Å². The second-order valence-corrected chi connectivity index (χ2v) is 4.43. The van der Waals surface area contributed by atoms with Gasteiger partial charge < -0.3 is 9.84 Å². The fourth-order valence-corrected chi connectivity index (χ4v) is 1.82. The second-order valence-electron chi connectivity index (χ2n) is 4.43. The van der Waals surface area contributed by atoms with E-state index < -0.39 is 17.6 Å². The Morgan fingerprint density at radius 1 is 1.27 bits per heavy atom. The summed E-state index contributed by atoms with van der Waals surface area (Å²) in [6.45, 7) is 0.338. The van der Waals surface area contributed by atoms with Gasteiger partial charge in [-0.3, -0.25) is 4.79 Å². The first-order valence-corrected chi connectivity index (χ1v) is 6.41. The maximum absolute atomic E-state index is 12.9. The summed E-state index contributed by atoms with van der Waals surface area (Å²) >= 11 is 0. The summed E-state index contributed by atoms with van der Waals surface area (Å²) in [5.74, 6) is -2.11. The van der Waals surface area contributed by atoms with Gasteiger partial charge in [0.25, 0.3) is 0 Å². The molecule has 0 spiro atoms. The van der Waals surface area contributed by atoms with Crippen molar-refractivity contribution in [3.63, 3.8) is 0 Å². The molecule has 22 heavy (non-hydrogen) atoms. The first kappa shape index (κ1) is 15.7. The number of hydrogen-bond donors (Lipinski definition) is 1. The van der Waals surface area contributed by atoms with E-state index in [9.17, 15) is 19.1 Å². The molecule has 0 atom stereocenters.